The molecule has 0 aliphatic heterocycles. The van der Waals surface area contributed by atoms with Crippen LogP contribution in [0.1, 0.15) is 50.5 Å². The highest BCUT2D eigenvalue weighted by molar-refractivity contribution is 5.67. The maximum atomic E-state index is 11.6. The third-order valence-corrected chi connectivity index (χ3v) is 4.73. The molecule has 1 rings (SSSR count). The van der Waals surface area contributed by atoms with Gasteiger partial charge >= 0.3 is 6.09 Å². The Morgan fingerprint density at radius 2 is 1.23 bits per heavy atom. The zero-order chi connectivity index (χ0) is 21.5. The smallest absolute Gasteiger partial charge is 0.407 e. The Labute approximate surface area is 182 Å². The topological polar surface area (TPSA) is 100 Å². The van der Waals surface area contributed by atoms with Gasteiger partial charge in [-0.05, 0) is 89.9 Å². The fourth-order valence-corrected chi connectivity index (χ4v) is 2.96. The number of nitrogens with two attached hydrogens (primary N) is 1. The SMILES string of the molecule is NCCCNCCCCNCCCNCCCCCNC(=O)OCc1ccccc1. The van der Waals surface area contributed by atoms with Gasteiger partial charge in [-0.15, -0.1) is 0 Å². The Balaban J connectivity index is 1.73. The molecule has 0 spiro atoms. The minimum absolute atomic E-state index is 0.317. The van der Waals surface area contributed by atoms with Crippen LogP contribution in [0.25, 0.3) is 0 Å². The van der Waals surface area contributed by atoms with Crippen molar-refractivity contribution in [3.05, 3.63) is 35.9 Å². The molecule has 0 atom stereocenters. The minimum Gasteiger partial charge on any atom is -0.445 e. The van der Waals surface area contributed by atoms with E-state index in [0.717, 1.165) is 83.5 Å². The lowest BCUT2D eigenvalue weighted by atomic mass is 10.2. The number of hydrogen-bond donors (Lipinski definition) is 5. The maximum Gasteiger partial charge on any atom is 0.407 e. The highest BCUT2D eigenvalue weighted by Crippen LogP contribution is 2.00. The van der Waals surface area contributed by atoms with E-state index in [0.29, 0.717) is 13.2 Å². The summed E-state index contributed by atoms with van der Waals surface area (Å²) in [5.41, 5.74) is 6.46. The molecule has 0 bridgehead atoms. The van der Waals surface area contributed by atoms with E-state index in [1.165, 1.54) is 12.8 Å². The fraction of sp³-hybridized carbons (Fsp3) is 0.696. The van der Waals surface area contributed by atoms with Crippen LogP contribution in [-0.2, 0) is 11.3 Å². The van der Waals surface area contributed by atoms with E-state index < -0.39 is 0 Å². The molecule has 172 valence electrons. The molecule has 0 aliphatic carbocycles. The van der Waals surface area contributed by atoms with Crippen molar-refractivity contribution >= 4 is 6.09 Å². The first-order valence-electron chi connectivity index (χ1n) is 11.6. The van der Waals surface area contributed by atoms with E-state index in [-0.39, 0.29) is 6.09 Å². The third-order valence-electron chi connectivity index (χ3n) is 4.73. The number of amides is 1. The molecule has 0 saturated heterocycles. The lowest BCUT2D eigenvalue weighted by molar-refractivity contribution is 0.139. The molecule has 0 radical (unpaired) electrons. The third kappa shape index (κ3) is 17.2. The van der Waals surface area contributed by atoms with Crippen LogP contribution in [0.4, 0.5) is 4.79 Å². The van der Waals surface area contributed by atoms with Gasteiger partial charge in [0.2, 0.25) is 0 Å². The van der Waals surface area contributed by atoms with Crippen molar-refractivity contribution in [2.75, 3.05) is 52.4 Å². The number of alkyl carbamates (subject to hydrolysis) is 1. The van der Waals surface area contributed by atoms with Gasteiger partial charge in [0.25, 0.3) is 0 Å². The monoisotopic (exact) mass is 421 g/mol. The zero-order valence-corrected chi connectivity index (χ0v) is 18.6. The highest BCUT2D eigenvalue weighted by atomic mass is 16.5. The van der Waals surface area contributed by atoms with E-state index in [2.05, 4.69) is 21.3 Å². The molecule has 1 aromatic carbocycles. The van der Waals surface area contributed by atoms with Crippen molar-refractivity contribution in [2.45, 2.75) is 51.6 Å². The normalized spacial score (nSPS) is 10.8. The molecular weight excluding hydrogens is 378 g/mol. The van der Waals surface area contributed by atoms with Crippen LogP contribution in [0, 0.1) is 0 Å². The van der Waals surface area contributed by atoms with Crippen LogP contribution in [0.2, 0.25) is 0 Å². The summed E-state index contributed by atoms with van der Waals surface area (Å²) in [5, 5.41) is 13.2. The Bertz CT molecular complexity index is 502. The molecule has 0 saturated carbocycles. The van der Waals surface area contributed by atoms with Crippen molar-refractivity contribution in [3.8, 4) is 0 Å². The molecule has 1 aromatic rings. The lowest BCUT2D eigenvalue weighted by Gasteiger charge is -2.08. The molecule has 0 aromatic heterocycles. The van der Waals surface area contributed by atoms with Crippen molar-refractivity contribution in [1.29, 1.82) is 0 Å². The number of unbranched alkanes of at least 4 members (excludes halogenated alkanes) is 3. The quantitative estimate of drug-likeness (QED) is 0.207. The Hall–Kier alpha value is -1.67. The van der Waals surface area contributed by atoms with Crippen LogP contribution in [0.3, 0.4) is 0 Å². The molecule has 7 nitrogen and oxygen atoms in total. The van der Waals surface area contributed by atoms with Gasteiger partial charge in [-0.2, -0.15) is 0 Å². The average molecular weight is 422 g/mol. The summed E-state index contributed by atoms with van der Waals surface area (Å²) in [5.74, 6) is 0. The standard InChI is InChI=1S/C23H43N5O2/c24-13-9-17-25-15-7-8-16-27-19-10-18-26-14-5-2-6-20-28-23(29)30-21-22-11-3-1-4-12-22/h1,3-4,11-12,25-27H,2,5-10,13-21,24H2,(H,28,29). The number of rotatable bonds is 20. The van der Waals surface area contributed by atoms with E-state index >= 15 is 0 Å². The summed E-state index contributed by atoms with van der Waals surface area (Å²) >= 11 is 0. The fourth-order valence-electron chi connectivity index (χ4n) is 2.96. The van der Waals surface area contributed by atoms with Crippen LogP contribution < -0.4 is 27.0 Å². The second-order valence-electron chi connectivity index (χ2n) is 7.50. The van der Waals surface area contributed by atoms with Gasteiger partial charge in [0, 0.05) is 6.54 Å². The predicted octanol–water partition coefficient (Wildman–Crippen LogP) is 2.37. The molecule has 0 heterocycles. The van der Waals surface area contributed by atoms with Crippen molar-refractivity contribution in [3.63, 3.8) is 0 Å². The summed E-state index contributed by atoms with van der Waals surface area (Å²) in [4.78, 5) is 11.6. The molecule has 7 heteroatoms. The van der Waals surface area contributed by atoms with Gasteiger partial charge in [-0.25, -0.2) is 4.79 Å². The summed E-state index contributed by atoms with van der Waals surface area (Å²) in [6.07, 6.45) is 7.52. The van der Waals surface area contributed by atoms with Crippen LogP contribution in [0.5, 0.6) is 0 Å². The molecule has 0 fully saturated rings. The predicted molar refractivity (Wildman–Crippen MR) is 125 cm³/mol. The number of benzene rings is 1. The maximum absolute atomic E-state index is 11.6. The lowest BCUT2D eigenvalue weighted by Crippen LogP contribution is -2.26. The first kappa shape index (κ1) is 26.4. The van der Waals surface area contributed by atoms with E-state index in [1.807, 2.05) is 30.3 Å². The second kappa shape index (κ2) is 20.6. The highest BCUT2D eigenvalue weighted by Gasteiger charge is 2.01. The number of ether oxygens (including phenoxy) is 1. The molecule has 0 unspecified atom stereocenters. The summed E-state index contributed by atoms with van der Waals surface area (Å²) < 4.78 is 5.19. The first-order valence-corrected chi connectivity index (χ1v) is 11.6. The van der Waals surface area contributed by atoms with E-state index in [1.54, 1.807) is 0 Å². The van der Waals surface area contributed by atoms with E-state index in [9.17, 15) is 4.79 Å². The Morgan fingerprint density at radius 3 is 1.87 bits per heavy atom. The second-order valence-corrected chi connectivity index (χ2v) is 7.50. The molecule has 6 N–H and O–H groups in total. The van der Waals surface area contributed by atoms with Crippen molar-refractivity contribution in [1.82, 2.24) is 21.3 Å². The van der Waals surface area contributed by atoms with Crippen LogP contribution in [0.15, 0.2) is 30.3 Å². The number of carbonyl (C=O) groups is 1. The average Bonchev–Trinajstić information content (AvgIpc) is 2.77. The number of hydrogen-bond acceptors (Lipinski definition) is 6. The van der Waals surface area contributed by atoms with Gasteiger partial charge in [0.05, 0.1) is 0 Å². The number of carbonyl (C=O) groups excluding carboxylic acids is 1. The van der Waals surface area contributed by atoms with Crippen LogP contribution >= 0.6 is 0 Å². The van der Waals surface area contributed by atoms with Gasteiger partial charge in [0.1, 0.15) is 6.61 Å². The summed E-state index contributed by atoms with van der Waals surface area (Å²) in [6.45, 7) is 8.14. The number of nitrogens with one attached hydrogen (secondary N) is 4. The minimum atomic E-state index is -0.340. The van der Waals surface area contributed by atoms with Crippen molar-refractivity contribution in [2.24, 2.45) is 5.73 Å². The summed E-state index contributed by atoms with van der Waals surface area (Å²) in [6, 6.07) is 9.71. The molecule has 1 amide bonds. The Kier molecular flexibility index (Phi) is 18.1. The Morgan fingerprint density at radius 1 is 0.700 bits per heavy atom. The zero-order valence-electron chi connectivity index (χ0n) is 18.6. The van der Waals surface area contributed by atoms with Gasteiger partial charge in [0.15, 0.2) is 0 Å². The summed E-state index contributed by atoms with van der Waals surface area (Å²) in [7, 11) is 0. The van der Waals surface area contributed by atoms with Gasteiger partial charge in [-0.1, -0.05) is 36.8 Å². The van der Waals surface area contributed by atoms with Crippen LogP contribution in [-0.4, -0.2) is 58.5 Å². The van der Waals surface area contributed by atoms with E-state index in [4.69, 9.17) is 10.5 Å². The first-order chi connectivity index (χ1) is 14.8. The van der Waals surface area contributed by atoms with Gasteiger partial charge in [-0.3, -0.25) is 0 Å². The van der Waals surface area contributed by atoms with Gasteiger partial charge < -0.3 is 31.7 Å². The molecule has 30 heavy (non-hydrogen) atoms. The molecular formula is C23H43N5O2. The largest absolute Gasteiger partial charge is 0.445 e. The van der Waals surface area contributed by atoms with Crippen molar-refractivity contribution < 1.29 is 9.53 Å². The molecule has 0 aliphatic rings.